The zero-order chi connectivity index (χ0) is 23.8. The minimum atomic E-state index is -4.18. The number of carbonyl (C=O) groups is 1. The molecule has 33 heavy (non-hydrogen) atoms. The van der Waals surface area contributed by atoms with Crippen LogP contribution in [0.3, 0.4) is 0 Å². The van der Waals surface area contributed by atoms with Gasteiger partial charge in [0.15, 0.2) is 5.76 Å². The maximum absolute atomic E-state index is 13.6. The van der Waals surface area contributed by atoms with Crippen molar-refractivity contribution < 1.29 is 22.7 Å². The molecule has 0 aliphatic carbocycles. The second-order valence-corrected chi connectivity index (χ2v) is 10.6. The first kappa shape index (κ1) is 23.1. The molecule has 0 aromatic heterocycles. The van der Waals surface area contributed by atoms with Crippen molar-refractivity contribution in [2.24, 2.45) is 0 Å². The van der Waals surface area contributed by atoms with Gasteiger partial charge >= 0.3 is 0 Å². The molecule has 0 fully saturated rings. The van der Waals surface area contributed by atoms with Crippen molar-refractivity contribution in [2.45, 2.75) is 29.3 Å². The number of hydrogen-bond acceptors (Lipinski definition) is 5. The summed E-state index contributed by atoms with van der Waals surface area (Å²) >= 11 is 1.53. The largest absolute Gasteiger partial charge is 0.502 e. The van der Waals surface area contributed by atoms with Gasteiger partial charge in [-0.2, -0.15) is 0 Å². The Hall–Kier alpha value is -3.10. The topological polar surface area (TPSA) is 74.7 Å². The van der Waals surface area contributed by atoms with Crippen LogP contribution in [0.2, 0.25) is 0 Å². The third kappa shape index (κ3) is 4.41. The summed E-state index contributed by atoms with van der Waals surface area (Å²) in [6.07, 6.45) is 1.92. The molecule has 5 nitrogen and oxygen atoms in total. The molecule has 1 aliphatic rings. The Morgan fingerprint density at radius 3 is 2.15 bits per heavy atom. The first-order valence-electron chi connectivity index (χ1n) is 10.2. The monoisotopic (exact) mass is 483 g/mol. The summed E-state index contributed by atoms with van der Waals surface area (Å²) < 4.78 is 40.6. The fourth-order valence-electron chi connectivity index (χ4n) is 3.82. The van der Waals surface area contributed by atoms with E-state index < -0.39 is 33.4 Å². The number of amides is 1. The molecule has 0 radical (unpaired) electrons. The van der Waals surface area contributed by atoms with Crippen molar-refractivity contribution >= 4 is 27.5 Å². The van der Waals surface area contributed by atoms with Crippen molar-refractivity contribution in [3.05, 3.63) is 106 Å². The Labute approximate surface area is 196 Å². The van der Waals surface area contributed by atoms with Crippen LogP contribution in [0.15, 0.2) is 93.3 Å². The van der Waals surface area contributed by atoms with Crippen molar-refractivity contribution in [3.63, 3.8) is 0 Å². The number of aryl methyl sites for hydroxylation is 1. The first-order valence-corrected chi connectivity index (χ1v) is 12.9. The van der Waals surface area contributed by atoms with Gasteiger partial charge in [-0.15, -0.1) is 11.8 Å². The lowest BCUT2D eigenvalue weighted by Gasteiger charge is -2.27. The van der Waals surface area contributed by atoms with E-state index in [2.05, 4.69) is 0 Å². The highest BCUT2D eigenvalue weighted by Gasteiger charge is 2.46. The highest BCUT2D eigenvalue weighted by atomic mass is 32.2. The van der Waals surface area contributed by atoms with E-state index in [4.69, 9.17) is 0 Å². The third-order valence-corrected chi connectivity index (χ3v) is 8.21. The average Bonchev–Trinajstić information content (AvgIpc) is 3.06. The number of aliphatic hydroxyl groups is 1. The van der Waals surface area contributed by atoms with Crippen LogP contribution >= 0.6 is 11.8 Å². The van der Waals surface area contributed by atoms with Crippen molar-refractivity contribution in [3.8, 4) is 0 Å². The van der Waals surface area contributed by atoms with E-state index >= 15 is 0 Å². The van der Waals surface area contributed by atoms with Crippen LogP contribution in [0.25, 0.3) is 0 Å². The molecular formula is C25H22FNO4S2. The molecular weight excluding hydrogens is 461 g/mol. The minimum Gasteiger partial charge on any atom is -0.502 e. The summed E-state index contributed by atoms with van der Waals surface area (Å²) in [4.78, 5) is 15.0. The highest BCUT2D eigenvalue weighted by molar-refractivity contribution is 7.98. The van der Waals surface area contributed by atoms with Crippen molar-refractivity contribution in [2.75, 3.05) is 6.26 Å². The van der Waals surface area contributed by atoms with Crippen LogP contribution in [-0.2, 0) is 21.2 Å². The van der Waals surface area contributed by atoms with E-state index in [9.17, 15) is 22.7 Å². The average molecular weight is 484 g/mol. The number of aliphatic hydroxyl groups excluding tert-OH is 1. The van der Waals surface area contributed by atoms with Crippen LogP contribution in [0.1, 0.15) is 22.7 Å². The molecule has 1 heterocycles. The number of carbonyl (C=O) groups excluding carboxylic acids is 1. The number of benzene rings is 3. The van der Waals surface area contributed by atoms with Crippen molar-refractivity contribution in [1.82, 2.24) is 4.90 Å². The zero-order valence-electron chi connectivity index (χ0n) is 18.0. The number of nitrogens with zero attached hydrogens (tertiary/aromatic N) is 1. The van der Waals surface area contributed by atoms with Gasteiger partial charge in [0.1, 0.15) is 10.7 Å². The standard InChI is InChI=1S/C25H22FNO4S2/c1-16-3-13-21(14-4-16)33(30,31)24-22(18-7-11-20(32-2)12-8-18)27(25(29)23(24)28)15-17-5-9-19(26)10-6-17/h3-14,22,28H,15H2,1-2H3/t22-/m0/s1. The molecule has 8 heteroatoms. The number of thioether (sulfide) groups is 1. The molecule has 1 atom stereocenters. The van der Waals surface area contributed by atoms with E-state index in [0.717, 1.165) is 10.5 Å². The quantitative estimate of drug-likeness (QED) is 0.489. The van der Waals surface area contributed by atoms with Gasteiger partial charge in [-0.05, 0) is 60.7 Å². The van der Waals surface area contributed by atoms with Crippen LogP contribution in [0.5, 0.6) is 0 Å². The molecule has 0 spiro atoms. The molecule has 1 amide bonds. The zero-order valence-corrected chi connectivity index (χ0v) is 19.7. The summed E-state index contributed by atoms with van der Waals surface area (Å²) in [5, 5.41) is 10.8. The lowest BCUT2D eigenvalue weighted by atomic mass is 10.1. The van der Waals surface area contributed by atoms with Gasteiger partial charge in [0.05, 0.1) is 10.9 Å². The van der Waals surface area contributed by atoms with Gasteiger partial charge in [0.2, 0.25) is 9.84 Å². The molecule has 3 aromatic rings. The third-order valence-electron chi connectivity index (χ3n) is 5.58. The van der Waals surface area contributed by atoms with E-state index in [1.165, 1.54) is 53.1 Å². The van der Waals surface area contributed by atoms with E-state index in [-0.39, 0.29) is 16.3 Å². The Kier molecular flexibility index (Phi) is 6.32. The molecule has 3 aromatic carbocycles. The molecule has 4 rings (SSSR count). The normalized spacial score (nSPS) is 16.5. The lowest BCUT2D eigenvalue weighted by molar-refractivity contribution is -0.130. The molecule has 0 saturated heterocycles. The molecule has 1 N–H and O–H groups in total. The maximum atomic E-state index is 13.6. The van der Waals surface area contributed by atoms with Crippen LogP contribution in [0.4, 0.5) is 4.39 Å². The molecule has 1 aliphatic heterocycles. The SMILES string of the molecule is CSc1ccc([C@H]2C(S(=O)(=O)c3ccc(C)cc3)=C(O)C(=O)N2Cc2ccc(F)cc2)cc1. The first-order chi connectivity index (χ1) is 15.7. The smallest absolute Gasteiger partial charge is 0.290 e. The van der Waals surface area contributed by atoms with Gasteiger partial charge < -0.3 is 10.0 Å². The number of rotatable bonds is 6. The van der Waals surface area contributed by atoms with Gasteiger partial charge in [0.25, 0.3) is 5.91 Å². The summed E-state index contributed by atoms with van der Waals surface area (Å²) in [5.41, 5.74) is 2.05. The molecule has 170 valence electrons. The van der Waals surface area contributed by atoms with Crippen LogP contribution in [0, 0.1) is 12.7 Å². The minimum absolute atomic E-state index is 0.00295. The number of hydrogen-bond donors (Lipinski definition) is 1. The predicted molar refractivity (Wildman–Crippen MR) is 126 cm³/mol. The van der Waals surface area contributed by atoms with Gasteiger partial charge in [-0.3, -0.25) is 4.79 Å². The maximum Gasteiger partial charge on any atom is 0.290 e. The molecule has 0 bridgehead atoms. The second kappa shape index (κ2) is 9.03. The van der Waals surface area contributed by atoms with Gasteiger partial charge in [-0.1, -0.05) is 42.0 Å². The van der Waals surface area contributed by atoms with Gasteiger partial charge in [-0.25, -0.2) is 12.8 Å². The van der Waals surface area contributed by atoms with Crippen LogP contribution in [-0.4, -0.2) is 30.6 Å². The summed E-state index contributed by atoms with van der Waals surface area (Å²) in [6, 6.07) is 18.0. The molecule has 0 unspecified atom stereocenters. The number of halogens is 1. The predicted octanol–water partition coefficient (Wildman–Crippen LogP) is 5.18. The second-order valence-electron chi connectivity index (χ2n) is 7.76. The van der Waals surface area contributed by atoms with E-state index in [1.54, 1.807) is 24.3 Å². The van der Waals surface area contributed by atoms with E-state index in [0.29, 0.717) is 11.1 Å². The highest BCUT2D eigenvalue weighted by Crippen LogP contribution is 2.43. The summed E-state index contributed by atoms with van der Waals surface area (Å²) in [6.45, 7) is 1.85. The van der Waals surface area contributed by atoms with Crippen molar-refractivity contribution in [1.29, 1.82) is 0 Å². The Bertz CT molecular complexity index is 1320. The fourth-order valence-corrected chi connectivity index (χ4v) is 5.87. The molecule has 0 saturated carbocycles. The van der Waals surface area contributed by atoms with Gasteiger partial charge in [0, 0.05) is 11.4 Å². The fraction of sp³-hybridized carbons (Fsp3) is 0.160. The number of sulfone groups is 1. The lowest BCUT2D eigenvalue weighted by Crippen LogP contribution is -2.30. The Morgan fingerprint density at radius 2 is 1.58 bits per heavy atom. The Balaban J connectivity index is 1.84. The summed E-state index contributed by atoms with van der Waals surface area (Å²) in [5.74, 6) is -2.00. The van der Waals surface area contributed by atoms with Crippen LogP contribution < -0.4 is 0 Å². The van der Waals surface area contributed by atoms with E-state index in [1.807, 2.05) is 25.3 Å². The Morgan fingerprint density at radius 1 is 0.970 bits per heavy atom. The summed E-state index contributed by atoms with van der Waals surface area (Å²) in [7, 11) is -4.18.